The Labute approximate surface area is 100 Å². The predicted octanol–water partition coefficient (Wildman–Crippen LogP) is 1.16. The molecule has 0 spiro atoms. The summed E-state index contributed by atoms with van der Waals surface area (Å²) in [4.78, 5) is 0. The highest BCUT2D eigenvalue weighted by Gasteiger charge is 2.36. The van der Waals surface area contributed by atoms with Crippen molar-refractivity contribution in [3.63, 3.8) is 0 Å². The summed E-state index contributed by atoms with van der Waals surface area (Å²) in [7, 11) is 0. The Balaban J connectivity index is 2.12. The Hall–Kier alpha value is -1.49. The highest BCUT2D eigenvalue weighted by molar-refractivity contribution is 5.36. The van der Waals surface area contributed by atoms with E-state index in [9.17, 15) is 0 Å². The fraction of sp³-hybridized carbons (Fsp3) is 0.583. The topological polar surface area (TPSA) is 55.1 Å². The van der Waals surface area contributed by atoms with Gasteiger partial charge in [-0.15, -0.1) is 10.2 Å². The van der Waals surface area contributed by atoms with Crippen molar-refractivity contribution in [1.29, 1.82) is 0 Å². The van der Waals surface area contributed by atoms with Gasteiger partial charge in [0.05, 0.1) is 0 Å². The Kier molecular flexibility index (Phi) is 2.55. The number of fused-ring (bicyclic) bond motifs is 1. The molecule has 1 saturated heterocycles. The maximum absolute atomic E-state index is 4.37. The molecule has 17 heavy (non-hydrogen) atoms. The second-order valence-corrected chi connectivity index (χ2v) is 4.73. The molecule has 3 heterocycles. The summed E-state index contributed by atoms with van der Waals surface area (Å²) in [6.45, 7) is 4.30. The van der Waals surface area contributed by atoms with Crippen LogP contribution in [-0.4, -0.2) is 32.9 Å². The van der Waals surface area contributed by atoms with Crippen molar-refractivity contribution in [3.05, 3.63) is 24.2 Å². The molecule has 0 aromatic carbocycles. The van der Waals surface area contributed by atoms with Crippen molar-refractivity contribution >= 4 is 5.65 Å². The summed E-state index contributed by atoms with van der Waals surface area (Å²) >= 11 is 0. The molecular formula is C12H17N5. The minimum absolute atomic E-state index is 0.0893. The van der Waals surface area contributed by atoms with E-state index in [0.717, 1.165) is 37.4 Å². The van der Waals surface area contributed by atoms with Crippen molar-refractivity contribution in [2.75, 3.05) is 13.1 Å². The number of rotatable bonds is 2. The number of nitrogens with zero attached hydrogens (tertiary/aromatic N) is 4. The number of piperidine rings is 1. The third kappa shape index (κ3) is 1.61. The van der Waals surface area contributed by atoms with Crippen LogP contribution in [0.1, 0.15) is 32.0 Å². The lowest BCUT2D eigenvalue weighted by atomic mass is 9.77. The molecule has 1 aliphatic heterocycles. The zero-order valence-electron chi connectivity index (χ0n) is 10.1. The molecule has 0 amide bonds. The predicted molar refractivity (Wildman–Crippen MR) is 64.9 cm³/mol. The molecule has 0 bridgehead atoms. The molecular weight excluding hydrogens is 214 g/mol. The summed E-state index contributed by atoms with van der Waals surface area (Å²) < 4.78 is 1.89. The van der Waals surface area contributed by atoms with Gasteiger partial charge in [-0.25, -0.2) is 0 Å². The molecule has 0 radical (unpaired) electrons. The van der Waals surface area contributed by atoms with Gasteiger partial charge in [-0.05, 0) is 37.9 Å². The van der Waals surface area contributed by atoms with Crippen molar-refractivity contribution < 1.29 is 0 Å². The first-order chi connectivity index (χ1) is 8.36. The minimum atomic E-state index is 0.0893. The zero-order chi connectivity index (χ0) is 11.7. The van der Waals surface area contributed by atoms with E-state index in [4.69, 9.17) is 0 Å². The Morgan fingerprint density at radius 3 is 3.18 bits per heavy atom. The van der Waals surface area contributed by atoms with Crippen molar-refractivity contribution in [3.8, 4) is 0 Å². The highest BCUT2D eigenvalue weighted by atomic mass is 15.4. The first kappa shape index (κ1) is 10.7. The number of nitrogens with one attached hydrogen (secondary N) is 1. The van der Waals surface area contributed by atoms with Gasteiger partial charge >= 0.3 is 0 Å². The SMILES string of the molecule is CCC1(c2nnc3cccnn23)CCCNC1. The van der Waals surface area contributed by atoms with Gasteiger partial charge in [0.15, 0.2) is 11.5 Å². The van der Waals surface area contributed by atoms with Crippen LogP contribution in [0.3, 0.4) is 0 Å². The van der Waals surface area contributed by atoms with E-state index >= 15 is 0 Å². The number of hydrogen-bond acceptors (Lipinski definition) is 4. The molecule has 0 saturated carbocycles. The van der Waals surface area contributed by atoms with E-state index in [1.165, 1.54) is 6.42 Å². The average molecular weight is 231 g/mol. The van der Waals surface area contributed by atoms with Gasteiger partial charge in [0.2, 0.25) is 0 Å². The van der Waals surface area contributed by atoms with Crippen LogP contribution in [0.15, 0.2) is 18.3 Å². The second-order valence-electron chi connectivity index (χ2n) is 4.73. The quantitative estimate of drug-likeness (QED) is 0.842. The second kappa shape index (κ2) is 4.07. The molecule has 1 unspecified atom stereocenters. The molecule has 1 fully saturated rings. The summed E-state index contributed by atoms with van der Waals surface area (Å²) in [5, 5.41) is 16.4. The molecule has 5 heteroatoms. The van der Waals surface area contributed by atoms with Crippen LogP contribution in [0.2, 0.25) is 0 Å². The lowest BCUT2D eigenvalue weighted by Crippen LogP contribution is -2.44. The van der Waals surface area contributed by atoms with Crippen LogP contribution in [-0.2, 0) is 5.41 Å². The van der Waals surface area contributed by atoms with Crippen LogP contribution >= 0.6 is 0 Å². The van der Waals surface area contributed by atoms with Gasteiger partial charge in [0.1, 0.15) is 0 Å². The van der Waals surface area contributed by atoms with E-state index in [1.54, 1.807) is 6.20 Å². The van der Waals surface area contributed by atoms with Gasteiger partial charge in [-0.3, -0.25) is 0 Å². The molecule has 1 aliphatic rings. The largest absolute Gasteiger partial charge is 0.316 e. The van der Waals surface area contributed by atoms with Gasteiger partial charge in [0, 0.05) is 18.2 Å². The van der Waals surface area contributed by atoms with Gasteiger partial charge in [-0.1, -0.05) is 6.92 Å². The van der Waals surface area contributed by atoms with Crippen LogP contribution in [0.4, 0.5) is 0 Å². The van der Waals surface area contributed by atoms with Crippen LogP contribution in [0.25, 0.3) is 5.65 Å². The summed E-state index contributed by atoms with van der Waals surface area (Å²) in [6, 6.07) is 3.84. The number of aromatic nitrogens is 4. The Morgan fingerprint density at radius 2 is 2.41 bits per heavy atom. The minimum Gasteiger partial charge on any atom is -0.316 e. The van der Waals surface area contributed by atoms with Crippen LogP contribution in [0.5, 0.6) is 0 Å². The van der Waals surface area contributed by atoms with E-state index in [1.807, 2.05) is 16.6 Å². The van der Waals surface area contributed by atoms with E-state index in [0.29, 0.717) is 0 Å². The Bertz CT molecular complexity index is 512. The van der Waals surface area contributed by atoms with E-state index in [2.05, 4.69) is 27.5 Å². The molecule has 90 valence electrons. The molecule has 2 aromatic heterocycles. The fourth-order valence-electron chi connectivity index (χ4n) is 2.69. The third-order valence-electron chi connectivity index (χ3n) is 3.80. The summed E-state index contributed by atoms with van der Waals surface area (Å²) in [6.07, 6.45) is 5.21. The lowest BCUT2D eigenvalue weighted by molar-refractivity contribution is 0.283. The average Bonchev–Trinajstić information content (AvgIpc) is 2.84. The van der Waals surface area contributed by atoms with Gasteiger partial charge in [0.25, 0.3) is 0 Å². The smallest absolute Gasteiger partial charge is 0.177 e. The normalized spacial score (nSPS) is 25.2. The maximum Gasteiger partial charge on any atom is 0.177 e. The third-order valence-corrected chi connectivity index (χ3v) is 3.80. The van der Waals surface area contributed by atoms with Crippen LogP contribution < -0.4 is 5.32 Å². The maximum atomic E-state index is 4.37. The first-order valence-electron chi connectivity index (χ1n) is 6.23. The van der Waals surface area contributed by atoms with Crippen molar-refractivity contribution in [2.24, 2.45) is 0 Å². The molecule has 1 N–H and O–H groups in total. The summed E-state index contributed by atoms with van der Waals surface area (Å²) in [5.41, 5.74) is 0.923. The monoisotopic (exact) mass is 231 g/mol. The first-order valence-corrected chi connectivity index (χ1v) is 6.23. The van der Waals surface area contributed by atoms with Gasteiger partial charge in [-0.2, -0.15) is 9.61 Å². The zero-order valence-corrected chi connectivity index (χ0v) is 10.1. The fourth-order valence-corrected chi connectivity index (χ4v) is 2.69. The molecule has 5 nitrogen and oxygen atoms in total. The Morgan fingerprint density at radius 1 is 1.47 bits per heavy atom. The van der Waals surface area contributed by atoms with Crippen molar-refractivity contribution in [1.82, 2.24) is 25.1 Å². The number of hydrogen-bond donors (Lipinski definition) is 1. The van der Waals surface area contributed by atoms with E-state index < -0.39 is 0 Å². The molecule has 3 rings (SSSR count). The van der Waals surface area contributed by atoms with E-state index in [-0.39, 0.29) is 5.41 Å². The standard InChI is InChI=1S/C12H17N5/c1-2-12(6-4-7-13-9-12)11-16-15-10-5-3-8-14-17(10)11/h3,5,8,13H,2,4,6-7,9H2,1H3. The lowest BCUT2D eigenvalue weighted by Gasteiger charge is -2.34. The van der Waals surface area contributed by atoms with Crippen molar-refractivity contribution in [2.45, 2.75) is 31.6 Å². The molecule has 1 atom stereocenters. The summed E-state index contributed by atoms with van der Waals surface area (Å²) in [5.74, 6) is 1.00. The van der Waals surface area contributed by atoms with Gasteiger partial charge < -0.3 is 5.32 Å². The molecule has 2 aromatic rings. The highest BCUT2D eigenvalue weighted by Crippen LogP contribution is 2.32. The van der Waals surface area contributed by atoms with Crippen LogP contribution in [0, 0.1) is 0 Å². The molecule has 0 aliphatic carbocycles.